The Balaban J connectivity index is 1.46. The van der Waals surface area contributed by atoms with Crippen molar-refractivity contribution in [1.82, 2.24) is 20.1 Å². The van der Waals surface area contributed by atoms with Crippen molar-refractivity contribution in [3.63, 3.8) is 0 Å². The molecule has 1 N–H and O–H groups in total. The smallest absolute Gasteiger partial charge is 0.408 e. The molecule has 5 rings (SSSR count). The molecule has 0 aliphatic rings. The van der Waals surface area contributed by atoms with E-state index >= 15 is 4.39 Å². The Kier molecular flexibility index (Phi) is 4.24. The Morgan fingerprint density at radius 3 is 2.83 bits per heavy atom. The molecule has 0 fully saturated rings. The number of rotatable bonds is 4. The summed E-state index contributed by atoms with van der Waals surface area (Å²) in [7, 11) is 0. The Morgan fingerprint density at radius 1 is 1.10 bits per heavy atom. The molecule has 0 amide bonds. The van der Waals surface area contributed by atoms with Gasteiger partial charge in [0.25, 0.3) is 0 Å². The fraction of sp³-hybridized carbons (Fsp3) is 0.0909. The van der Waals surface area contributed by atoms with Crippen molar-refractivity contribution in [3.05, 3.63) is 88.2 Å². The number of hydrogen-bond donors (Lipinski definition) is 1. The summed E-state index contributed by atoms with van der Waals surface area (Å²) in [4.78, 5) is 22.4. The Bertz CT molecular complexity index is 1430. The van der Waals surface area contributed by atoms with Crippen LogP contribution in [0, 0.1) is 12.7 Å². The summed E-state index contributed by atoms with van der Waals surface area (Å²) in [5.41, 5.74) is 4.13. The molecular weight excluding hydrogens is 387 g/mol. The summed E-state index contributed by atoms with van der Waals surface area (Å²) in [5, 5.41) is 3.95. The summed E-state index contributed by atoms with van der Waals surface area (Å²) in [6.07, 6.45) is 1.98. The number of hydrogen-bond acceptors (Lipinski definition) is 6. The van der Waals surface area contributed by atoms with E-state index in [0.29, 0.717) is 29.0 Å². The van der Waals surface area contributed by atoms with Gasteiger partial charge in [0.15, 0.2) is 5.58 Å². The molecule has 3 heterocycles. The SMILES string of the molecule is Cc1cc(-c2cccc(-c3noc(Cc4ccc5oc(=O)[nH]c5c4)n3)c2F)ccn1. The molecule has 0 unspecified atom stereocenters. The highest BCUT2D eigenvalue weighted by Gasteiger charge is 2.17. The lowest BCUT2D eigenvalue weighted by atomic mass is 10.0. The lowest BCUT2D eigenvalue weighted by Crippen LogP contribution is -1.93. The zero-order valence-electron chi connectivity index (χ0n) is 15.8. The maximum absolute atomic E-state index is 15.2. The molecule has 0 radical (unpaired) electrons. The number of nitrogens with zero attached hydrogens (tertiary/aromatic N) is 3. The zero-order chi connectivity index (χ0) is 20.7. The molecule has 0 saturated heterocycles. The van der Waals surface area contributed by atoms with Crippen LogP contribution < -0.4 is 5.76 Å². The van der Waals surface area contributed by atoms with Crippen LogP contribution in [0.2, 0.25) is 0 Å². The maximum atomic E-state index is 15.2. The third kappa shape index (κ3) is 3.28. The minimum Gasteiger partial charge on any atom is -0.408 e. The van der Waals surface area contributed by atoms with Crippen molar-refractivity contribution >= 4 is 11.1 Å². The van der Waals surface area contributed by atoms with Gasteiger partial charge in [-0.15, -0.1) is 0 Å². The first-order chi connectivity index (χ1) is 14.6. The van der Waals surface area contributed by atoms with Crippen molar-refractivity contribution < 1.29 is 13.3 Å². The number of fused-ring (bicyclic) bond motifs is 1. The van der Waals surface area contributed by atoms with Crippen LogP contribution in [0.25, 0.3) is 33.6 Å². The largest absolute Gasteiger partial charge is 0.417 e. The number of aryl methyl sites for hydroxylation is 1. The van der Waals surface area contributed by atoms with Gasteiger partial charge in [0.1, 0.15) is 5.82 Å². The highest BCUT2D eigenvalue weighted by molar-refractivity contribution is 5.73. The van der Waals surface area contributed by atoms with E-state index in [1.54, 1.807) is 48.7 Å². The average Bonchev–Trinajstić information content (AvgIpc) is 3.33. The van der Waals surface area contributed by atoms with Crippen LogP contribution in [-0.4, -0.2) is 20.1 Å². The van der Waals surface area contributed by atoms with Gasteiger partial charge in [-0.2, -0.15) is 4.98 Å². The van der Waals surface area contributed by atoms with E-state index in [1.807, 2.05) is 13.0 Å². The minimum atomic E-state index is -0.512. The Hall–Kier alpha value is -4.07. The van der Waals surface area contributed by atoms with Crippen LogP contribution in [0.15, 0.2) is 68.5 Å². The van der Waals surface area contributed by atoms with Gasteiger partial charge in [-0.1, -0.05) is 23.4 Å². The number of pyridine rings is 1. The number of aromatic nitrogens is 4. The predicted octanol–water partition coefficient (Wildman–Crippen LogP) is 4.27. The van der Waals surface area contributed by atoms with E-state index in [2.05, 4.69) is 20.1 Å². The summed E-state index contributed by atoms with van der Waals surface area (Å²) in [6.45, 7) is 1.85. The minimum absolute atomic E-state index is 0.174. The monoisotopic (exact) mass is 402 g/mol. The number of benzene rings is 2. The number of nitrogens with one attached hydrogen (secondary N) is 1. The van der Waals surface area contributed by atoms with Gasteiger partial charge in [-0.3, -0.25) is 9.97 Å². The molecule has 148 valence electrons. The van der Waals surface area contributed by atoms with Gasteiger partial charge in [-0.25, -0.2) is 9.18 Å². The summed E-state index contributed by atoms with van der Waals surface area (Å²) in [6, 6.07) is 13.9. The third-order valence-corrected chi connectivity index (χ3v) is 4.75. The highest BCUT2D eigenvalue weighted by Crippen LogP contribution is 2.30. The first-order valence-corrected chi connectivity index (χ1v) is 9.23. The lowest BCUT2D eigenvalue weighted by Gasteiger charge is -2.06. The average molecular weight is 402 g/mol. The predicted molar refractivity (Wildman–Crippen MR) is 107 cm³/mol. The lowest BCUT2D eigenvalue weighted by molar-refractivity contribution is 0.385. The third-order valence-electron chi connectivity index (χ3n) is 4.75. The van der Waals surface area contributed by atoms with Crippen molar-refractivity contribution in [2.24, 2.45) is 0 Å². The molecule has 0 spiro atoms. The Labute approximate surface area is 169 Å². The molecule has 3 aromatic heterocycles. The highest BCUT2D eigenvalue weighted by atomic mass is 19.1. The van der Waals surface area contributed by atoms with E-state index in [1.165, 1.54) is 0 Å². The molecular formula is C22H15FN4O3. The fourth-order valence-corrected chi connectivity index (χ4v) is 3.36. The van der Waals surface area contributed by atoms with Gasteiger partial charge in [0.05, 0.1) is 17.5 Å². The van der Waals surface area contributed by atoms with Crippen molar-refractivity contribution in [2.45, 2.75) is 13.3 Å². The second kappa shape index (κ2) is 7.07. The normalized spacial score (nSPS) is 11.3. The first kappa shape index (κ1) is 18.0. The van der Waals surface area contributed by atoms with E-state index in [9.17, 15) is 4.79 Å². The molecule has 30 heavy (non-hydrogen) atoms. The molecule has 5 aromatic rings. The maximum Gasteiger partial charge on any atom is 0.417 e. The van der Waals surface area contributed by atoms with Crippen LogP contribution in [-0.2, 0) is 6.42 Å². The molecule has 0 bridgehead atoms. The van der Waals surface area contributed by atoms with E-state index in [0.717, 1.165) is 16.8 Å². The summed E-state index contributed by atoms with van der Waals surface area (Å²) in [5.74, 6) is -0.428. The standard InChI is InChI=1S/C22H15FN4O3/c1-12-9-14(7-8-24-12)15-3-2-4-16(20(15)23)21-26-19(30-27-21)11-13-5-6-18-17(10-13)25-22(28)29-18/h2-10H,11H2,1H3,(H,25,28). The summed E-state index contributed by atoms with van der Waals surface area (Å²) >= 11 is 0. The molecule has 2 aromatic carbocycles. The van der Waals surface area contributed by atoms with Crippen molar-refractivity contribution in [1.29, 1.82) is 0 Å². The summed E-state index contributed by atoms with van der Waals surface area (Å²) < 4.78 is 25.5. The molecule has 8 heteroatoms. The van der Waals surface area contributed by atoms with E-state index in [-0.39, 0.29) is 11.4 Å². The second-order valence-electron chi connectivity index (χ2n) is 6.89. The molecule has 0 aliphatic carbocycles. The first-order valence-electron chi connectivity index (χ1n) is 9.23. The second-order valence-corrected chi connectivity index (χ2v) is 6.89. The zero-order valence-corrected chi connectivity index (χ0v) is 15.8. The van der Waals surface area contributed by atoms with Gasteiger partial charge in [0.2, 0.25) is 11.7 Å². The van der Waals surface area contributed by atoms with Crippen LogP contribution >= 0.6 is 0 Å². The van der Waals surface area contributed by atoms with Crippen LogP contribution in [0.3, 0.4) is 0 Å². The van der Waals surface area contributed by atoms with Gasteiger partial charge < -0.3 is 8.94 Å². The van der Waals surface area contributed by atoms with Gasteiger partial charge in [-0.05, 0) is 48.4 Å². The number of aromatic amines is 1. The molecule has 0 saturated carbocycles. The van der Waals surface area contributed by atoms with Gasteiger partial charge in [0, 0.05) is 17.5 Å². The van der Waals surface area contributed by atoms with Crippen LogP contribution in [0.5, 0.6) is 0 Å². The van der Waals surface area contributed by atoms with Crippen LogP contribution in [0.1, 0.15) is 17.1 Å². The van der Waals surface area contributed by atoms with Gasteiger partial charge >= 0.3 is 5.76 Å². The number of H-pyrrole nitrogens is 1. The number of halogens is 1. The Morgan fingerprint density at radius 2 is 1.97 bits per heavy atom. The van der Waals surface area contributed by atoms with Crippen molar-refractivity contribution in [3.8, 4) is 22.5 Å². The quantitative estimate of drug-likeness (QED) is 0.482. The molecule has 0 atom stereocenters. The topological polar surface area (TPSA) is 97.8 Å². The number of oxazole rings is 1. The fourth-order valence-electron chi connectivity index (χ4n) is 3.36. The van der Waals surface area contributed by atoms with Crippen molar-refractivity contribution in [2.75, 3.05) is 0 Å². The molecule has 7 nitrogen and oxygen atoms in total. The molecule has 0 aliphatic heterocycles. The van der Waals surface area contributed by atoms with E-state index in [4.69, 9.17) is 8.94 Å². The van der Waals surface area contributed by atoms with E-state index < -0.39 is 11.6 Å². The van der Waals surface area contributed by atoms with Crippen LogP contribution in [0.4, 0.5) is 4.39 Å².